The molecule has 3 rings (SSSR count). The molecule has 0 unspecified atom stereocenters. The first-order chi connectivity index (χ1) is 9.54. The molecule has 1 heterocycles. The van der Waals surface area contributed by atoms with Gasteiger partial charge in [0.25, 0.3) is 10.0 Å². The maximum absolute atomic E-state index is 12.8. The summed E-state index contributed by atoms with van der Waals surface area (Å²) in [5.74, 6) is -0.230. The van der Waals surface area contributed by atoms with Gasteiger partial charge in [-0.1, -0.05) is 0 Å². The summed E-state index contributed by atoms with van der Waals surface area (Å²) in [6.45, 7) is 0.561. The maximum atomic E-state index is 12.8. The van der Waals surface area contributed by atoms with Gasteiger partial charge in [0.15, 0.2) is 9.90 Å². The zero-order valence-corrected chi connectivity index (χ0v) is 12.7. The molecule has 0 radical (unpaired) electrons. The van der Waals surface area contributed by atoms with Crippen LogP contribution in [0.25, 0.3) is 0 Å². The Kier molecular flexibility index (Phi) is 3.55. The van der Waals surface area contributed by atoms with Crippen molar-refractivity contribution < 1.29 is 17.9 Å². The molecule has 20 heavy (non-hydrogen) atoms. The summed E-state index contributed by atoms with van der Waals surface area (Å²) in [5.41, 5.74) is 1.28. The van der Waals surface area contributed by atoms with E-state index < -0.39 is 16.0 Å². The van der Waals surface area contributed by atoms with Gasteiger partial charge in [-0.15, -0.1) is 11.3 Å². The van der Waals surface area contributed by atoms with Crippen LogP contribution in [-0.4, -0.2) is 43.4 Å². The third-order valence-corrected chi connectivity index (χ3v) is 6.81. The minimum Gasteiger partial charge on any atom is -0.464 e. The summed E-state index contributed by atoms with van der Waals surface area (Å²) in [6.07, 6.45) is 3.98. The van der Waals surface area contributed by atoms with E-state index in [-0.39, 0.29) is 15.9 Å². The fourth-order valence-corrected chi connectivity index (χ4v) is 5.13. The zero-order chi connectivity index (χ0) is 14.3. The number of ether oxygens (including phenoxy) is 1. The number of methoxy groups -OCH3 is 1. The van der Waals surface area contributed by atoms with E-state index in [1.54, 1.807) is 4.31 Å². The van der Waals surface area contributed by atoms with E-state index in [1.807, 2.05) is 0 Å². The molecule has 2 aliphatic carbocycles. The smallest absolute Gasteiger partial charge is 0.358 e. The molecule has 0 aromatic carbocycles. The lowest BCUT2D eigenvalue weighted by atomic mass is 10.4. The highest BCUT2D eigenvalue weighted by molar-refractivity contribution is 7.91. The average Bonchev–Trinajstić information content (AvgIpc) is 3.33. The number of thiazole rings is 1. The summed E-state index contributed by atoms with van der Waals surface area (Å²) >= 11 is 0.980. The van der Waals surface area contributed by atoms with E-state index in [0.29, 0.717) is 12.5 Å². The van der Waals surface area contributed by atoms with Gasteiger partial charge in [0, 0.05) is 12.6 Å². The highest BCUT2D eigenvalue weighted by Crippen LogP contribution is 2.39. The molecule has 0 spiro atoms. The Hall–Kier alpha value is -0.990. The quantitative estimate of drug-likeness (QED) is 0.743. The molecule has 6 nitrogen and oxygen atoms in total. The van der Waals surface area contributed by atoms with Crippen molar-refractivity contribution in [2.75, 3.05) is 13.7 Å². The van der Waals surface area contributed by atoms with Crippen LogP contribution >= 0.6 is 11.3 Å². The second kappa shape index (κ2) is 5.09. The Morgan fingerprint density at radius 1 is 1.45 bits per heavy atom. The van der Waals surface area contributed by atoms with E-state index >= 15 is 0 Å². The van der Waals surface area contributed by atoms with Gasteiger partial charge < -0.3 is 4.74 Å². The van der Waals surface area contributed by atoms with Gasteiger partial charge in [-0.25, -0.2) is 18.2 Å². The Morgan fingerprint density at radius 3 is 2.70 bits per heavy atom. The first-order valence-electron chi connectivity index (χ1n) is 6.57. The van der Waals surface area contributed by atoms with Crippen molar-refractivity contribution in [2.45, 2.75) is 35.9 Å². The van der Waals surface area contributed by atoms with Gasteiger partial charge in [0.05, 0.1) is 12.6 Å². The van der Waals surface area contributed by atoms with Crippen LogP contribution in [0.2, 0.25) is 0 Å². The lowest BCUT2D eigenvalue weighted by Gasteiger charge is -2.21. The van der Waals surface area contributed by atoms with E-state index in [9.17, 15) is 13.2 Å². The van der Waals surface area contributed by atoms with Gasteiger partial charge in [-0.2, -0.15) is 4.31 Å². The largest absolute Gasteiger partial charge is 0.464 e. The van der Waals surface area contributed by atoms with E-state index in [1.165, 1.54) is 12.6 Å². The number of carbonyl (C=O) groups excluding carboxylic acids is 1. The summed E-state index contributed by atoms with van der Waals surface area (Å²) in [7, 11) is -2.42. The van der Waals surface area contributed by atoms with Crippen LogP contribution in [0.15, 0.2) is 9.72 Å². The molecule has 8 heteroatoms. The molecule has 1 aromatic rings. The van der Waals surface area contributed by atoms with Crippen molar-refractivity contribution in [3.63, 3.8) is 0 Å². The highest BCUT2D eigenvalue weighted by atomic mass is 32.2. The van der Waals surface area contributed by atoms with Crippen LogP contribution in [0.4, 0.5) is 0 Å². The van der Waals surface area contributed by atoms with Crippen molar-refractivity contribution >= 4 is 27.3 Å². The number of carbonyl (C=O) groups is 1. The minimum absolute atomic E-state index is 0.0110. The van der Waals surface area contributed by atoms with Gasteiger partial charge in [-0.3, -0.25) is 0 Å². The molecule has 0 aliphatic heterocycles. The molecule has 0 N–H and O–H groups in total. The molecular weight excluding hydrogens is 300 g/mol. The average molecular weight is 316 g/mol. The monoisotopic (exact) mass is 316 g/mol. The third-order valence-electron chi connectivity index (χ3n) is 3.55. The van der Waals surface area contributed by atoms with Crippen molar-refractivity contribution in [3.05, 3.63) is 11.2 Å². The molecule has 0 saturated heterocycles. The van der Waals surface area contributed by atoms with Crippen molar-refractivity contribution in [2.24, 2.45) is 5.92 Å². The number of hydrogen-bond acceptors (Lipinski definition) is 6. The van der Waals surface area contributed by atoms with Crippen molar-refractivity contribution in [3.8, 4) is 0 Å². The molecule has 2 fully saturated rings. The van der Waals surface area contributed by atoms with Gasteiger partial charge >= 0.3 is 5.97 Å². The predicted molar refractivity (Wildman–Crippen MR) is 73.1 cm³/mol. The molecule has 0 bridgehead atoms. The SMILES string of the molecule is COC(=O)c1ncsc1S(=O)(=O)N(CC1CC1)C1CC1. The number of esters is 1. The van der Waals surface area contributed by atoms with Crippen LogP contribution in [-0.2, 0) is 14.8 Å². The van der Waals surface area contributed by atoms with Gasteiger partial charge in [0.1, 0.15) is 0 Å². The van der Waals surface area contributed by atoms with Gasteiger partial charge in [0.2, 0.25) is 0 Å². The number of rotatable bonds is 6. The molecule has 0 amide bonds. The Balaban J connectivity index is 1.93. The number of hydrogen-bond donors (Lipinski definition) is 0. The number of nitrogens with zero attached hydrogens (tertiary/aromatic N) is 2. The molecule has 2 saturated carbocycles. The fraction of sp³-hybridized carbons (Fsp3) is 0.667. The Labute approximate surface area is 121 Å². The first kappa shape index (κ1) is 14.0. The van der Waals surface area contributed by atoms with Crippen LogP contribution in [0, 0.1) is 5.92 Å². The topological polar surface area (TPSA) is 76.6 Å². The zero-order valence-electron chi connectivity index (χ0n) is 11.1. The Morgan fingerprint density at radius 2 is 2.15 bits per heavy atom. The van der Waals surface area contributed by atoms with E-state index in [2.05, 4.69) is 9.72 Å². The lowest BCUT2D eigenvalue weighted by Crippen LogP contribution is -2.35. The second-order valence-corrected chi connectivity index (χ2v) is 8.17. The van der Waals surface area contributed by atoms with Crippen LogP contribution in [0.1, 0.15) is 36.2 Å². The first-order valence-corrected chi connectivity index (χ1v) is 8.89. The summed E-state index contributed by atoms with van der Waals surface area (Å²) < 4.78 is 31.7. The molecule has 0 atom stereocenters. The maximum Gasteiger partial charge on any atom is 0.358 e. The van der Waals surface area contributed by atoms with Crippen LogP contribution < -0.4 is 0 Å². The summed E-state index contributed by atoms with van der Waals surface area (Å²) in [5, 5.41) is 0. The molecule has 1 aromatic heterocycles. The van der Waals surface area contributed by atoms with Crippen molar-refractivity contribution in [1.82, 2.24) is 9.29 Å². The lowest BCUT2D eigenvalue weighted by molar-refractivity contribution is 0.0590. The third kappa shape index (κ3) is 2.59. The minimum atomic E-state index is -3.65. The summed E-state index contributed by atoms with van der Waals surface area (Å²) in [6, 6.07) is 0.0909. The molecule has 2 aliphatic rings. The van der Waals surface area contributed by atoms with Crippen LogP contribution in [0.5, 0.6) is 0 Å². The van der Waals surface area contributed by atoms with Crippen molar-refractivity contribution in [1.29, 1.82) is 0 Å². The normalized spacial score (nSPS) is 19.3. The van der Waals surface area contributed by atoms with Gasteiger partial charge in [-0.05, 0) is 31.6 Å². The Bertz CT molecular complexity index is 617. The second-order valence-electron chi connectivity index (χ2n) is 5.23. The predicted octanol–water partition coefficient (Wildman–Crippen LogP) is 1.49. The van der Waals surface area contributed by atoms with E-state index in [0.717, 1.165) is 37.0 Å². The number of aromatic nitrogens is 1. The molecular formula is C12H16N2O4S2. The highest BCUT2D eigenvalue weighted by Gasteiger charge is 2.43. The van der Waals surface area contributed by atoms with E-state index in [4.69, 9.17) is 0 Å². The fourth-order valence-electron chi connectivity index (χ4n) is 2.12. The standard InChI is InChI=1S/C12H16N2O4S2/c1-18-11(15)10-12(19-7-13-10)20(16,17)14(9-4-5-9)6-8-2-3-8/h7-9H,2-6H2,1H3. The molecule has 110 valence electrons. The summed E-state index contributed by atoms with van der Waals surface area (Å²) in [4.78, 5) is 15.5. The van der Waals surface area contributed by atoms with Crippen LogP contribution in [0.3, 0.4) is 0 Å². The number of sulfonamides is 1.